The molecule has 3 aromatic rings. The number of phenolic OH excluding ortho intramolecular Hbond substituents is 1. The van der Waals surface area contributed by atoms with E-state index in [-0.39, 0.29) is 35.7 Å². The van der Waals surface area contributed by atoms with E-state index in [1.54, 1.807) is 17.0 Å². The molecule has 0 saturated carbocycles. The fourth-order valence-electron chi connectivity index (χ4n) is 5.77. The number of ether oxygens (including phenoxy) is 1. The molecule has 2 fully saturated rings. The van der Waals surface area contributed by atoms with Crippen molar-refractivity contribution in [2.24, 2.45) is 0 Å². The summed E-state index contributed by atoms with van der Waals surface area (Å²) in [7, 11) is -3.89. The van der Waals surface area contributed by atoms with Crippen LogP contribution in [0.3, 0.4) is 0 Å². The van der Waals surface area contributed by atoms with Crippen molar-refractivity contribution < 1.29 is 32.6 Å². The first kappa shape index (κ1) is 32.7. The first-order valence-corrected chi connectivity index (χ1v) is 16.9. The van der Waals surface area contributed by atoms with Crippen molar-refractivity contribution in [1.29, 1.82) is 0 Å². The van der Waals surface area contributed by atoms with Gasteiger partial charge >= 0.3 is 0 Å². The van der Waals surface area contributed by atoms with Crippen molar-refractivity contribution in [2.75, 3.05) is 44.6 Å². The quantitative estimate of drug-likeness (QED) is 0.209. The van der Waals surface area contributed by atoms with Crippen molar-refractivity contribution >= 4 is 21.6 Å². The molecule has 0 aliphatic carbocycles. The summed E-state index contributed by atoms with van der Waals surface area (Å²) in [4.78, 5) is 15.2. The minimum atomic E-state index is -3.89. The Morgan fingerprint density at radius 3 is 2.33 bits per heavy atom. The van der Waals surface area contributed by atoms with E-state index in [0.717, 1.165) is 37.1 Å². The van der Waals surface area contributed by atoms with Gasteiger partial charge < -0.3 is 30.5 Å². The lowest BCUT2D eigenvalue weighted by Gasteiger charge is -2.35. The molecule has 0 unspecified atom stereocenters. The SMILES string of the molecule is O=C([C@@H]1CCCN1S(=O)(=O)c1ccc(F)cc1)N1CCC(Nc2ccc(CCNC[C@H](O)COc3ccc(O)cc3)cc2)CC1. The van der Waals surface area contributed by atoms with E-state index in [1.807, 2.05) is 12.1 Å². The third-order valence-corrected chi connectivity index (χ3v) is 10.2. The van der Waals surface area contributed by atoms with Crippen LogP contribution in [0.2, 0.25) is 0 Å². The summed E-state index contributed by atoms with van der Waals surface area (Å²) in [5.41, 5.74) is 2.17. The molecule has 2 saturated heterocycles. The molecule has 12 heteroatoms. The maximum atomic E-state index is 13.4. The Morgan fingerprint density at radius 1 is 0.956 bits per heavy atom. The number of rotatable bonds is 13. The zero-order valence-corrected chi connectivity index (χ0v) is 26.0. The second-order valence-corrected chi connectivity index (χ2v) is 13.5. The van der Waals surface area contributed by atoms with Gasteiger partial charge in [0.2, 0.25) is 15.9 Å². The molecular formula is C33H41FN4O6S. The van der Waals surface area contributed by atoms with Crippen LogP contribution in [0.15, 0.2) is 77.7 Å². The Labute approximate surface area is 263 Å². The molecule has 242 valence electrons. The standard InChI is InChI=1S/C33H41FN4O6S/c34-25-5-13-31(14-6-25)45(42,43)38-19-1-2-32(38)33(41)37-20-16-27(17-21-37)36-26-7-3-24(4-8-26)15-18-35-22-29(40)23-44-30-11-9-28(39)10-12-30/h3-14,27,29,32,35-36,39-40H,1-2,15-23H2/t29-,32-/m0/s1. The van der Waals surface area contributed by atoms with Gasteiger partial charge in [0.1, 0.15) is 36.1 Å². The van der Waals surface area contributed by atoms with Crippen LogP contribution >= 0.6 is 0 Å². The number of aliphatic hydroxyl groups is 1. The van der Waals surface area contributed by atoms with Gasteiger partial charge in [-0.2, -0.15) is 4.31 Å². The Hall–Kier alpha value is -3.71. The van der Waals surface area contributed by atoms with Crippen molar-refractivity contribution in [3.05, 3.63) is 84.2 Å². The Bertz CT molecular complexity index is 1500. The summed E-state index contributed by atoms with van der Waals surface area (Å²) in [5.74, 6) is 0.0872. The first-order valence-electron chi connectivity index (χ1n) is 15.4. The van der Waals surface area contributed by atoms with E-state index in [2.05, 4.69) is 22.8 Å². The third kappa shape index (κ3) is 8.72. The Balaban J connectivity index is 1.01. The number of aliphatic hydroxyl groups excluding tert-OH is 1. The summed E-state index contributed by atoms with van der Waals surface area (Å²) in [6.07, 6.45) is 2.76. The minimum Gasteiger partial charge on any atom is -0.508 e. The lowest BCUT2D eigenvalue weighted by molar-refractivity contribution is -0.135. The lowest BCUT2D eigenvalue weighted by atomic mass is 10.0. The Morgan fingerprint density at radius 2 is 1.64 bits per heavy atom. The number of aromatic hydroxyl groups is 1. The van der Waals surface area contributed by atoms with Crippen LogP contribution in [0.25, 0.3) is 0 Å². The van der Waals surface area contributed by atoms with Crippen LogP contribution in [0, 0.1) is 5.82 Å². The van der Waals surface area contributed by atoms with Crippen molar-refractivity contribution in [3.8, 4) is 11.5 Å². The second-order valence-electron chi connectivity index (χ2n) is 11.6. The number of sulfonamides is 1. The molecule has 2 atom stereocenters. The van der Waals surface area contributed by atoms with Crippen LogP contribution in [-0.2, 0) is 21.2 Å². The van der Waals surface area contributed by atoms with Gasteiger partial charge in [0.15, 0.2) is 0 Å². The van der Waals surface area contributed by atoms with Crippen LogP contribution in [0.1, 0.15) is 31.2 Å². The van der Waals surface area contributed by atoms with Gasteiger partial charge in [-0.15, -0.1) is 0 Å². The summed E-state index contributed by atoms with van der Waals surface area (Å²) >= 11 is 0. The summed E-state index contributed by atoms with van der Waals surface area (Å²) in [6, 6.07) is 18.8. The first-order chi connectivity index (χ1) is 21.7. The maximum Gasteiger partial charge on any atom is 0.243 e. The van der Waals surface area contributed by atoms with Crippen molar-refractivity contribution in [3.63, 3.8) is 0 Å². The predicted molar refractivity (Wildman–Crippen MR) is 169 cm³/mol. The lowest BCUT2D eigenvalue weighted by Crippen LogP contribution is -2.51. The molecule has 10 nitrogen and oxygen atoms in total. The zero-order valence-electron chi connectivity index (χ0n) is 25.1. The van der Waals surface area contributed by atoms with Gasteiger partial charge in [-0.3, -0.25) is 4.79 Å². The van der Waals surface area contributed by atoms with Gasteiger partial charge in [-0.05, 0) is 105 Å². The number of likely N-dealkylation sites (tertiary alicyclic amines) is 1. The van der Waals surface area contributed by atoms with Gasteiger partial charge in [-0.1, -0.05) is 12.1 Å². The van der Waals surface area contributed by atoms with E-state index >= 15 is 0 Å². The number of anilines is 1. The number of phenols is 1. The summed E-state index contributed by atoms with van der Waals surface area (Å²) in [6.45, 7) is 2.64. The van der Waals surface area contributed by atoms with Crippen LogP contribution in [0.5, 0.6) is 11.5 Å². The van der Waals surface area contributed by atoms with Gasteiger partial charge in [-0.25, -0.2) is 12.8 Å². The number of carbonyl (C=O) groups excluding carboxylic acids is 1. The topological polar surface area (TPSA) is 131 Å². The number of nitrogens with one attached hydrogen (secondary N) is 2. The molecule has 4 N–H and O–H groups in total. The number of carbonyl (C=O) groups is 1. The average Bonchev–Trinajstić information content (AvgIpc) is 3.55. The molecule has 0 radical (unpaired) electrons. The number of benzene rings is 3. The number of amides is 1. The molecule has 5 rings (SSSR count). The van der Waals surface area contributed by atoms with Crippen LogP contribution in [0.4, 0.5) is 10.1 Å². The van der Waals surface area contributed by atoms with Crippen molar-refractivity contribution in [1.82, 2.24) is 14.5 Å². The van der Waals surface area contributed by atoms with E-state index < -0.39 is 28.0 Å². The molecule has 2 heterocycles. The molecule has 2 aliphatic rings. The number of halogens is 1. The number of hydrogen-bond donors (Lipinski definition) is 4. The highest BCUT2D eigenvalue weighted by Crippen LogP contribution is 2.29. The minimum absolute atomic E-state index is 0.000809. The van der Waals surface area contributed by atoms with Gasteiger partial charge in [0.05, 0.1) is 4.90 Å². The highest BCUT2D eigenvalue weighted by Gasteiger charge is 2.41. The average molecular weight is 641 g/mol. The normalized spacial score (nSPS) is 18.5. The largest absolute Gasteiger partial charge is 0.508 e. The Kier molecular flexibility index (Phi) is 10.9. The molecule has 0 bridgehead atoms. The molecule has 45 heavy (non-hydrogen) atoms. The predicted octanol–water partition coefficient (Wildman–Crippen LogP) is 3.36. The molecule has 3 aromatic carbocycles. The fourth-order valence-corrected chi connectivity index (χ4v) is 7.42. The molecule has 1 amide bonds. The molecule has 2 aliphatic heterocycles. The van der Waals surface area contributed by atoms with Crippen LogP contribution in [-0.4, -0.2) is 91.3 Å². The van der Waals surface area contributed by atoms with Gasteiger partial charge in [0.25, 0.3) is 0 Å². The monoisotopic (exact) mass is 640 g/mol. The number of piperidine rings is 1. The molecule has 0 spiro atoms. The second kappa shape index (κ2) is 15.0. The zero-order chi connectivity index (χ0) is 31.8. The van der Waals surface area contributed by atoms with E-state index in [1.165, 1.54) is 34.1 Å². The fraction of sp³-hybridized carbons (Fsp3) is 0.424. The highest BCUT2D eigenvalue weighted by molar-refractivity contribution is 7.89. The summed E-state index contributed by atoms with van der Waals surface area (Å²) < 4.78 is 46.5. The van der Waals surface area contributed by atoms with E-state index in [0.29, 0.717) is 44.8 Å². The van der Waals surface area contributed by atoms with Crippen LogP contribution < -0.4 is 15.4 Å². The van der Waals surface area contributed by atoms with Crippen molar-refractivity contribution in [2.45, 2.75) is 55.2 Å². The smallest absolute Gasteiger partial charge is 0.243 e. The molecular weight excluding hydrogens is 599 g/mol. The van der Waals surface area contributed by atoms with E-state index in [9.17, 15) is 27.8 Å². The highest BCUT2D eigenvalue weighted by atomic mass is 32.2. The van der Waals surface area contributed by atoms with E-state index in [4.69, 9.17) is 4.74 Å². The van der Waals surface area contributed by atoms with Gasteiger partial charge in [0, 0.05) is 37.9 Å². The number of hydrogen-bond acceptors (Lipinski definition) is 8. The maximum absolute atomic E-state index is 13.4. The molecule has 0 aromatic heterocycles. The third-order valence-electron chi connectivity index (χ3n) is 8.29. The number of nitrogens with zero attached hydrogens (tertiary/aromatic N) is 2. The summed E-state index contributed by atoms with van der Waals surface area (Å²) in [5, 5.41) is 26.3.